The van der Waals surface area contributed by atoms with Crippen molar-refractivity contribution >= 4 is 65.3 Å². The summed E-state index contributed by atoms with van der Waals surface area (Å²) in [5.41, 5.74) is 14.2. The Morgan fingerprint density at radius 2 is 0.928 bits per heavy atom. The smallest absolute Gasteiger partial charge is 0.386 e. The van der Waals surface area contributed by atoms with E-state index in [9.17, 15) is 48.0 Å². The van der Waals surface area contributed by atoms with Crippen LogP contribution in [0.1, 0.15) is 23.6 Å². The minimum Gasteiger partial charge on any atom is -0.386 e. The molecule has 2 aliphatic rings. The summed E-state index contributed by atoms with van der Waals surface area (Å²) in [4.78, 5) is 65.8. The van der Waals surface area contributed by atoms with E-state index in [4.69, 9.17) is 39.5 Å². The molecule has 29 nitrogen and oxygen atoms in total. The van der Waals surface area contributed by atoms with Crippen molar-refractivity contribution in [2.24, 2.45) is 0 Å². The number of hydrogen-bond donors (Lipinski definition) is 8. The van der Waals surface area contributed by atoms with Gasteiger partial charge < -0.3 is 60.2 Å². The van der Waals surface area contributed by atoms with Crippen LogP contribution in [0, 0.1) is 0 Å². The van der Waals surface area contributed by atoms with Crippen LogP contribution in [0.4, 0.5) is 11.6 Å². The van der Waals surface area contributed by atoms with E-state index in [-0.39, 0.29) is 47.2 Å². The van der Waals surface area contributed by atoms with Crippen LogP contribution in [-0.2, 0) is 72.0 Å². The molecule has 4 unspecified atom stereocenters. The summed E-state index contributed by atoms with van der Waals surface area (Å²) in [5, 5.41) is 22.8. The highest BCUT2D eigenvalue weighted by Crippen LogP contribution is 2.71. The van der Waals surface area contributed by atoms with Gasteiger partial charge in [0.15, 0.2) is 35.4 Å². The first-order valence-corrected chi connectivity index (χ1v) is 26.4. The molecule has 0 spiro atoms. The minimum absolute atomic E-state index is 0.00321. The molecule has 0 radical (unpaired) electrons. The van der Waals surface area contributed by atoms with Crippen LogP contribution in [0.3, 0.4) is 0 Å². The molecule has 6 aromatic rings. The Bertz CT molecular complexity index is 2730. The molecule has 12 atom stereocenters. The maximum atomic E-state index is 13.0. The lowest BCUT2D eigenvalue weighted by atomic mass is 10.1. The molecule has 10 N–H and O–H groups in total. The first-order valence-electron chi connectivity index (χ1n) is 20.4. The largest absolute Gasteiger partial charge is 0.490 e. The molecule has 0 bridgehead atoms. The zero-order valence-corrected chi connectivity index (χ0v) is 39.0. The van der Waals surface area contributed by atoms with Crippen molar-refractivity contribution in [3.05, 3.63) is 97.1 Å². The van der Waals surface area contributed by atoms with E-state index in [0.717, 1.165) is 23.8 Å². The van der Waals surface area contributed by atoms with Crippen molar-refractivity contribution in [2.45, 2.75) is 61.9 Å². The molecule has 6 heterocycles. The molecule has 0 saturated carbocycles. The van der Waals surface area contributed by atoms with E-state index in [1.807, 2.05) is 36.4 Å². The van der Waals surface area contributed by atoms with Crippen LogP contribution in [0.15, 0.2) is 86.0 Å². The number of anilines is 2. The number of fused-ring (bicyclic) bond motifs is 2. The van der Waals surface area contributed by atoms with Crippen LogP contribution in [0.5, 0.6) is 0 Å². The predicted octanol–water partition coefficient (Wildman–Crippen LogP) is 2.09. The van der Waals surface area contributed by atoms with Crippen molar-refractivity contribution in [2.75, 3.05) is 37.9 Å². The first kappa shape index (κ1) is 50.8. The maximum Gasteiger partial charge on any atom is 0.490 e. The average molecular weight is 1040 g/mol. The molecule has 2 saturated heterocycles. The van der Waals surface area contributed by atoms with E-state index in [1.165, 1.54) is 21.8 Å². The molecule has 0 amide bonds. The number of aliphatic hydroxyl groups excluding tert-OH is 2. The number of nitrogens with two attached hydrogens (primary N) is 2. The van der Waals surface area contributed by atoms with Crippen molar-refractivity contribution in [1.82, 2.24) is 39.0 Å². The van der Waals surface area contributed by atoms with Gasteiger partial charge in [0.1, 0.15) is 60.3 Å². The topological polar surface area (TPSA) is 412 Å². The Kier molecular flexibility index (Phi) is 15.5. The fourth-order valence-corrected chi connectivity index (χ4v) is 12.4. The third-order valence-electron chi connectivity index (χ3n) is 10.5. The Morgan fingerprint density at radius 3 is 1.32 bits per heavy atom. The van der Waals surface area contributed by atoms with Gasteiger partial charge in [-0.25, -0.2) is 48.2 Å². The van der Waals surface area contributed by atoms with Gasteiger partial charge in [-0.1, -0.05) is 60.7 Å². The summed E-state index contributed by atoms with van der Waals surface area (Å²) in [6.45, 7) is -1.96. The Hall–Kier alpha value is -4.54. The van der Waals surface area contributed by atoms with Gasteiger partial charge in [0.05, 0.1) is 39.1 Å². The lowest BCUT2D eigenvalue weighted by molar-refractivity contribution is -0.0590. The number of hydrogen-bond acceptors (Lipinski definition) is 23. The Balaban J connectivity index is 0.892. The lowest BCUT2D eigenvalue weighted by Gasteiger charge is -2.23. The average Bonchev–Trinajstić information content (AvgIpc) is 4.06. The molecular formula is C36H44N10O19P4. The van der Waals surface area contributed by atoms with Crippen LogP contribution in [0.2, 0.25) is 0 Å². The van der Waals surface area contributed by atoms with E-state index < -0.39 is 93.6 Å². The van der Waals surface area contributed by atoms with Crippen molar-refractivity contribution in [1.29, 1.82) is 0 Å². The van der Waals surface area contributed by atoms with Gasteiger partial charge in [0, 0.05) is 0 Å². The fourth-order valence-electron chi connectivity index (χ4n) is 7.41. The molecule has 2 aliphatic heterocycles. The van der Waals surface area contributed by atoms with Gasteiger partial charge in [0.25, 0.3) is 0 Å². The number of benzene rings is 2. The summed E-state index contributed by atoms with van der Waals surface area (Å²) in [5.74, 6) is 0.0442. The second-order valence-electron chi connectivity index (χ2n) is 15.1. The van der Waals surface area contributed by atoms with Gasteiger partial charge in [-0.3, -0.25) is 18.2 Å². The summed E-state index contributed by atoms with van der Waals surface area (Å²) in [6.07, 6.45) is -5.54. The Morgan fingerprint density at radius 1 is 0.551 bits per heavy atom. The van der Waals surface area contributed by atoms with Crippen molar-refractivity contribution < 1.29 is 89.0 Å². The van der Waals surface area contributed by atoms with Gasteiger partial charge in [-0.05, 0) is 24.0 Å². The maximum absolute atomic E-state index is 13.0. The molecule has 69 heavy (non-hydrogen) atoms. The zero-order chi connectivity index (χ0) is 49.1. The van der Waals surface area contributed by atoms with E-state index in [0.29, 0.717) is 12.8 Å². The number of aliphatic hydroxyl groups is 2. The van der Waals surface area contributed by atoms with Crippen LogP contribution in [0.25, 0.3) is 22.3 Å². The third kappa shape index (κ3) is 12.3. The number of aromatic nitrogens is 8. The molecule has 8 rings (SSSR count). The molecule has 33 heteroatoms. The van der Waals surface area contributed by atoms with Gasteiger partial charge in [-0.2, -0.15) is 12.9 Å². The fraction of sp³-hybridized carbons (Fsp3) is 0.389. The predicted molar refractivity (Wildman–Crippen MR) is 234 cm³/mol. The van der Waals surface area contributed by atoms with Crippen LogP contribution in [-0.4, -0.2) is 132 Å². The highest BCUT2D eigenvalue weighted by molar-refractivity contribution is 7.69. The van der Waals surface area contributed by atoms with E-state index >= 15 is 0 Å². The summed E-state index contributed by atoms with van der Waals surface area (Å²) in [7, 11) is -24.1. The Labute approximate surface area is 389 Å². The van der Waals surface area contributed by atoms with Crippen LogP contribution < -0.4 is 11.5 Å². The van der Waals surface area contributed by atoms with Gasteiger partial charge in [0.2, 0.25) is 0 Å². The molecule has 372 valence electrons. The first-order chi connectivity index (χ1) is 32.8. The summed E-state index contributed by atoms with van der Waals surface area (Å²) in [6, 6.07) is 18.2. The van der Waals surface area contributed by atoms with Gasteiger partial charge >= 0.3 is 31.3 Å². The number of nitrogen functional groups attached to an aromatic ring is 2. The SMILES string of the molecule is Nc1ncnc2c1ncn2[C@@H]1O[C@H](COP(=O)(O)OP(=O)(O)OP(=O)(O)OP(=O)(O)OC[C@H]2O[C@H](n3cnc4c(N)ncnc43)[C@@H](O)[C@H]2OCCc2ccccc2)[C@@H](OCCc2ccccc2)[C@H]1O. The number of phosphoric ester groups is 2. The highest BCUT2D eigenvalue weighted by atomic mass is 31.3. The number of phosphoric acid groups is 4. The quantitative estimate of drug-likeness (QED) is 0.0451. The number of rotatable bonds is 22. The number of nitrogens with zero attached hydrogens (tertiary/aromatic N) is 8. The third-order valence-corrected chi connectivity index (χ3v) is 16.4. The number of ether oxygens (including phenoxy) is 4. The van der Waals surface area contributed by atoms with E-state index in [1.54, 1.807) is 24.3 Å². The van der Waals surface area contributed by atoms with Crippen molar-refractivity contribution in [3.8, 4) is 0 Å². The summed E-state index contributed by atoms with van der Waals surface area (Å²) >= 11 is 0. The lowest BCUT2D eigenvalue weighted by Crippen LogP contribution is -2.37. The monoisotopic (exact) mass is 1040 g/mol. The second kappa shape index (κ2) is 21.0. The molecular weight excluding hydrogens is 1000 g/mol. The molecule has 0 aliphatic carbocycles. The van der Waals surface area contributed by atoms with Crippen LogP contribution >= 0.6 is 31.3 Å². The minimum atomic E-state index is -6.23. The molecule has 2 aromatic carbocycles. The summed E-state index contributed by atoms with van der Waals surface area (Å²) < 4.78 is 100. The highest BCUT2D eigenvalue weighted by Gasteiger charge is 2.51. The van der Waals surface area contributed by atoms with Crippen molar-refractivity contribution in [3.63, 3.8) is 0 Å². The molecule has 2 fully saturated rings. The normalized spacial score (nSPS) is 26.4. The van der Waals surface area contributed by atoms with E-state index in [2.05, 4.69) is 42.8 Å². The second-order valence-corrected chi connectivity index (χ2v) is 21.4. The number of imidazole rings is 2. The molecule has 4 aromatic heterocycles. The zero-order valence-electron chi connectivity index (χ0n) is 35.5. The van der Waals surface area contributed by atoms with Gasteiger partial charge in [-0.15, -0.1) is 0 Å². The standard InChI is InChI=1S/C36H44N10O19P4/c37-31-25-33(41-17-39-31)45(19-43-25)35-27(47)29(57-13-11-21-7-3-1-4-8-21)23(61-35)15-59-66(49,50)63-68(53,54)65-69(55,56)64-67(51,52)60-16-24-30(58-14-12-22-9-5-2-6-10-22)28(48)36(62-24)46-20-44-26-32(38)40-18-42-34(26)46/h1-10,17-20,23-24,27-30,35-36,47-48H,11-16H2,(H,49,50)(H,51,52)(H,53,54)(H,55,56)(H2,37,39,41)(H2,38,40,42)/t23-,24-,27-,28+,29-,30+,35-,36+/m1/s1.